The van der Waals surface area contributed by atoms with Gasteiger partial charge in [-0.2, -0.15) is 0 Å². The van der Waals surface area contributed by atoms with Crippen LogP contribution in [0.3, 0.4) is 0 Å². The van der Waals surface area contributed by atoms with Crippen LogP contribution < -0.4 is 5.32 Å². The number of aromatic carboxylic acids is 1. The Morgan fingerprint density at radius 2 is 1.76 bits per heavy atom. The number of nitrogens with one attached hydrogen (secondary N) is 1. The summed E-state index contributed by atoms with van der Waals surface area (Å²) in [4.78, 5) is 23.3. The van der Waals surface area contributed by atoms with Crippen LogP contribution in [0.5, 0.6) is 0 Å². The second-order valence-corrected chi connectivity index (χ2v) is 6.38. The molecule has 5 nitrogen and oxygen atoms in total. The molecule has 0 unspecified atom stereocenters. The van der Waals surface area contributed by atoms with E-state index in [1.807, 2.05) is 24.3 Å². The number of halogens is 1. The van der Waals surface area contributed by atoms with E-state index in [1.165, 1.54) is 12.1 Å². The second kappa shape index (κ2) is 6.94. The fourth-order valence-corrected chi connectivity index (χ4v) is 2.61. The van der Waals surface area contributed by atoms with E-state index in [9.17, 15) is 9.59 Å². The lowest BCUT2D eigenvalue weighted by molar-refractivity contribution is 0.0696. The van der Waals surface area contributed by atoms with Crippen molar-refractivity contribution in [3.63, 3.8) is 0 Å². The van der Waals surface area contributed by atoms with Gasteiger partial charge in [0, 0.05) is 15.7 Å². The highest BCUT2D eigenvalue weighted by Crippen LogP contribution is 2.25. The minimum absolute atomic E-state index is 0.172. The molecular weight excluding hydrogens is 386 g/mol. The van der Waals surface area contributed by atoms with Crippen LogP contribution in [0.1, 0.15) is 26.5 Å². The molecule has 2 aromatic carbocycles. The molecule has 0 saturated heterocycles. The highest BCUT2D eigenvalue weighted by Gasteiger charge is 2.14. The predicted molar refractivity (Wildman–Crippen MR) is 97.9 cm³/mol. The summed E-state index contributed by atoms with van der Waals surface area (Å²) in [6.07, 6.45) is 0. The number of carboxylic acids is 1. The molecule has 0 saturated carbocycles. The summed E-state index contributed by atoms with van der Waals surface area (Å²) in [6.45, 7) is 1.73. The fourth-order valence-electron chi connectivity index (χ4n) is 2.35. The van der Waals surface area contributed by atoms with Gasteiger partial charge in [-0.3, -0.25) is 4.79 Å². The third kappa shape index (κ3) is 3.80. The molecule has 0 spiro atoms. The minimum Gasteiger partial charge on any atom is -0.478 e. The average molecular weight is 400 g/mol. The Labute approximate surface area is 152 Å². The van der Waals surface area contributed by atoms with Gasteiger partial charge < -0.3 is 14.8 Å². The number of amides is 1. The SMILES string of the molecule is Cc1cc(C(=O)O)ccc1NC(=O)c1ccc(-c2ccc(Br)cc2)o1. The molecule has 1 heterocycles. The van der Waals surface area contributed by atoms with E-state index in [0.717, 1.165) is 10.0 Å². The lowest BCUT2D eigenvalue weighted by atomic mass is 10.1. The topological polar surface area (TPSA) is 79.5 Å². The lowest BCUT2D eigenvalue weighted by Gasteiger charge is -2.08. The van der Waals surface area contributed by atoms with Crippen LogP contribution in [0, 0.1) is 6.92 Å². The minimum atomic E-state index is -1.01. The maximum absolute atomic E-state index is 12.4. The van der Waals surface area contributed by atoms with Gasteiger partial charge >= 0.3 is 5.97 Å². The largest absolute Gasteiger partial charge is 0.478 e. The first-order chi connectivity index (χ1) is 11.9. The van der Waals surface area contributed by atoms with E-state index in [-0.39, 0.29) is 11.3 Å². The number of hydrogen-bond acceptors (Lipinski definition) is 3. The Morgan fingerprint density at radius 1 is 1.04 bits per heavy atom. The summed E-state index contributed by atoms with van der Waals surface area (Å²) in [5, 5.41) is 11.7. The van der Waals surface area contributed by atoms with Crippen molar-refractivity contribution in [2.24, 2.45) is 0 Å². The number of hydrogen-bond donors (Lipinski definition) is 2. The highest BCUT2D eigenvalue weighted by atomic mass is 79.9. The maximum atomic E-state index is 12.4. The van der Waals surface area contributed by atoms with Crippen molar-refractivity contribution < 1.29 is 19.1 Å². The first-order valence-corrected chi connectivity index (χ1v) is 8.24. The second-order valence-electron chi connectivity index (χ2n) is 5.46. The molecule has 0 aliphatic rings. The molecule has 0 aliphatic heterocycles. The van der Waals surface area contributed by atoms with Gasteiger partial charge in [-0.05, 0) is 55.0 Å². The quantitative estimate of drug-likeness (QED) is 0.648. The summed E-state index contributed by atoms with van der Waals surface area (Å²) < 4.78 is 6.58. The average Bonchev–Trinajstić information content (AvgIpc) is 3.07. The molecule has 2 N–H and O–H groups in total. The van der Waals surface area contributed by atoms with Gasteiger partial charge in [0.15, 0.2) is 5.76 Å². The zero-order chi connectivity index (χ0) is 18.0. The summed E-state index contributed by atoms with van der Waals surface area (Å²) in [7, 11) is 0. The van der Waals surface area contributed by atoms with Crippen molar-refractivity contribution in [2.75, 3.05) is 5.32 Å². The Morgan fingerprint density at radius 3 is 2.40 bits per heavy atom. The molecule has 6 heteroatoms. The fraction of sp³-hybridized carbons (Fsp3) is 0.0526. The van der Waals surface area contributed by atoms with Crippen LogP contribution in [0.25, 0.3) is 11.3 Å². The van der Waals surface area contributed by atoms with Gasteiger partial charge in [-0.25, -0.2) is 4.79 Å². The third-order valence-corrected chi connectivity index (χ3v) is 4.21. The van der Waals surface area contributed by atoms with Crippen LogP contribution in [0.4, 0.5) is 5.69 Å². The number of rotatable bonds is 4. The molecule has 0 aliphatic carbocycles. The van der Waals surface area contributed by atoms with Crippen molar-refractivity contribution in [3.8, 4) is 11.3 Å². The molecule has 126 valence electrons. The molecular formula is C19H14BrNO4. The number of carbonyl (C=O) groups excluding carboxylic acids is 1. The summed E-state index contributed by atoms with van der Waals surface area (Å²) in [5.74, 6) is -0.629. The molecule has 0 atom stereocenters. The van der Waals surface area contributed by atoms with Crippen LogP contribution in [-0.2, 0) is 0 Å². The number of carbonyl (C=O) groups is 2. The number of anilines is 1. The van der Waals surface area contributed by atoms with E-state index in [2.05, 4.69) is 21.2 Å². The molecule has 3 rings (SSSR count). The normalized spacial score (nSPS) is 10.5. The number of aryl methyl sites for hydroxylation is 1. The molecule has 0 fully saturated rings. The maximum Gasteiger partial charge on any atom is 0.335 e. The van der Waals surface area contributed by atoms with Crippen molar-refractivity contribution in [1.29, 1.82) is 0 Å². The molecule has 25 heavy (non-hydrogen) atoms. The Bertz CT molecular complexity index is 944. The van der Waals surface area contributed by atoms with Gasteiger partial charge in [0.25, 0.3) is 5.91 Å². The third-order valence-electron chi connectivity index (χ3n) is 3.68. The van der Waals surface area contributed by atoms with Gasteiger partial charge in [0.2, 0.25) is 0 Å². The first kappa shape index (κ1) is 17.0. The number of furan rings is 1. The smallest absolute Gasteiger partial charge is 0.335 e. The Kier molecular flexibility index (Phi) is 4.72. The molecule has 1 aromatic heterocycles. The number of benzene rings is 2. The van der Waals surface area contributed by atoms with E-state index in [0.29, 0.717) is 17.0 Å². The zero-order valence-corrected chi connectivity index (χ0v) is 14.8. The summed E-state index contributed by atoms with van der Waals surface area (Å²) in [6, 6.07) is 15.4. The van der Waals surface area contributed by atoms with Crippen LogP contribution >= 0.6 is 15.9 Å². The summed E-state index contributed by atoms with van der Waals surface area (Å²) in [5.41, 5.74) is 2.24. The van der Waals surface area contributed by atoms with E-state index >= 15 is 0 Å². The monoisotopic (exact) mass is 399 g/mol. The van der Waals surface area contributed by atoms with E-state index < -0.39 is 11.9 Å². The van der Waals surface area contributed by atoms with E-state index in [1.54, 1.807) is 25.1 Å². The highest BCUT2D eigenvalue weighted by molar-refractivity contribution is 9.10. The predicted octanol–water partition coefficient (Wildman–Crippen LogP) is 4.97. The van der Waals surface area contributed by atoms with Gasteiger partial charge in [0.1, 0.15) is 5.76 Å². The van der Waals surface area contributed by atoms with Gasteiger partial charge in [-0.15, -0.1) is 0 Å². The van der Waals surface area contributed by atoms with Gasteiger partial charge in [0.05, 0.1) is 5.56 Å². The van der Waals surface area contributed by atoms with Crippen molar-refractivity contribution in [2.45, 2.75) is 6.92 Å². The van der Waals surface area contributed by atoms with Crippen LogP contribution in [-0.4, -0.2) is 17.0 Å². The molecule has 0 bridgehead atoms. The molecule has 1 amide bonds. The van der Waals surface area contributed by atoms with E-state index in [4.69, 9.17) is 9.52 Å². The Balaban J connectivity index is 1.78. The zero-order valence-electron chi connectivity index (χ0n) is 13.2. The van der Waals surface area contributed by atoms with Crippen LogP contribution in [0.2, 0.25) is 0 Å². The van der Waals surface area contributed by atoms with Crippen molar-refractivity contribution in [1.82, 2.24) is 0 Å². The number of carboxylic acid groups (broad SMARTS) is 1. The van der Waals surface area contributed by atoms with Crippen molar-refractivity contribution in [3.05, 3.63) is 76.0 Å². The Hall–Kier alpha value is -2.86. The standard InChI is InChI=1S/C19H14BrNO4/c1-11-10-13(19(23)24)4-7-15(11)21-18(22)17-9-8-16(25-17)12-2-5-14(20)6-3-12/h2-10H,1H3,(H,21,22)(H,23,24). The lowest BCUT2D eigenvalue weighted by Crippen LogP contribution is -2.12. The van der Waals surface area contributed by atoms with Crippen molar-refractivity contribution >= 4 is 33.5 Å². The molecule has 3 aromatic rings. The molecule has 0 radical (unpaired) electrons. The summed E-state index contributed by atoms with van der Waals surface area (Å²) >= 11 is 3.37. The van der Waals surface area contributed by atoms with Gasteiger partial charge in [-0.1, -0.05) is 28.1 Å². The first-order valence-electron chi connectivity index (χ1n) is 7.45. The van der Waals surface area contributed by atoms with Crippen LogP contribution in [0.15, 0.2) is 63.5 Å².